The molecule has 2 aliphatic heterocycles. The lowest BCUT2D eigenvalue weighted by Crippen LogP contribution is -2.42. The molecule has 9 rings (SSSR count). The summed E-state index contributed by atoms with van der Waals surface area (Å²) in [6, 6.07) is 24.5. The molecule has 3 fully saturated rings. The Morgan fingerprint density at radius 3 is 2.48 bits per heavy atom. The van der Waals surface area contributed by atoms with Gasteiger partial charge in [-0.1, -0.05) is 53.8 Å². The van der Waals surface area contributed by atoms with Crippen LogP contribution in [0.25, 0.3) is 10.8 Å². The zero-order chi connectivity index (χ0) is 35.8. The lowest BCUT2D eigenvalue weighted by Gasteiger charge is -2.43. The minimum absolute atomic E-state index is 0.0257. The number of rotatable bonds is 8. The molecule has 2 aliphatic carbocycles. The number of ether oxygens (including phenoxy) is 2. The van der Waals surface area contributed by atoms with E-state index in [0.29, 0.717) is 29.3 Å². The first-order chi connectivity index (χ1) is 25.2. The van der Waals surface area contributed by atoms with Crippen LogP contribution >= 0.6 is 23.1 Å². The Morgan fingerprint density at radius 2 is 1.71 bits per heavy atom. The Hall–Kier alpha value is -5.47. The SMILES string of the molecule is COc1cc([C@@H]2c3sc(=O)[nH]c3S[C@@H]3[C@@H]4C[C@@H]([C@@H]5C(=O)N(c6ccc([N+](=O)[O-])cc6)C(=O)[C@@H]45)[C@H]23)ccc1OCC(=O)Nc1cccc2ccccc12. The lowest BCUT2D eigenvalue weighted by molar-refractivity contribution is -0.384. The molecule has 0 radical (unpaired) electrons. The van der Waals surface area contributed by atoms with E-state index in [4.69, 9.17) is 9.47 Å². The quantitative estimate of drug-likeness (QED) is 0.107. The van der Waals surface area contributed by atoms with Gasteiger partial charge in [0.15, 0.2) is 18.1 Å². The standard InChI is InChI=1S/C38H30N4O8S2/c1-49-27-15-19(9-14-26(27)50-17-28(43)39-25-8-4-6-18-5-2-3-7-22(18)25)29-30-23-16-24(33(30)51-35-34(29)52-38(46)40-35)32-31(23)36(44)41(37(32)45)20-10-12-21(13-11-20)42(47)48/h2-15,23-24,29-33H,16-17H2,1H3,(H,39,43)(H,40,46)/t23-,24-,29+,30-,31+,32+,33-/m1/s1. The number of nitro benzene ring substituents is 1. The number of methoxy groups -OCH3 is 1. The van der Waals surface area contributed by atoms with Crippen LogP contribution in [0.3, 0.4) is 0 Å². The number of nitro groups is 1. The van der Waals surface area contributed by atoms with Gasteiger partial charge in [-0.15, -0.1) is 11.8 Å². The predicted octanol–water partition coefficient (Wildman–Crippen LogP) is 6.20. The highest BCUT2D eigenvalue weighted by Crippen LogP contribution is 2.68. The number of aromatic amines is 1. The lowest BCUT2D eigenvalue weighted by atomic mass is 9.68. The smallest absolute Gasteiger partial charge is 0.305 e. The Kier molecular flexibility index (Phi) is 7.70. The number of anilines is 2. The third-order valence-corrected chi connectivity index (χ3v) is 13.6. The zero-order valence-corrected chi connectivity index (χ0v) is 29.1. The van der Waals surface area contributed by atoms with Crippen LogP contribution in [0.4, 0.5) is 17.1 Å². The number of hydrogen-bond donors (Lipinski definition) is 2. The van der Waals surface area contributed by atoms with Crippen molar-refractivity contribution >= 4 is 68.7 Å². The Bertz CT molecular complexity index is 2370. The average Bonchev–Trinajstić information content (AvgIpc) is 3.89. The summed E-state index contributed by atoms with van der Waals surface area (Å²) in [4.78, 5) is 69.3. The average molecular weight is 735 g/mol. The fourth-order valence-electron chi connectivity index (χ4n) is 9.03. The molecular formula is C38H30N4O8S2. The first-order valence-corrected chi connectivity index (χ1v) is 18.5. The second-order valence-electron chi connectivity index (χ2n) is 13.5. The zero-order valence-electron chi connectivity index (χ0n) is 27.5. The minimum atomic E-state index is -0.529. The summed E-state index contributed by atoms with van der Waals surface area (Å²) < 4.78 is 11.7. The van der Waals surface area contributed by atoms with Crippen LogP contribution in [0, 0.1) is 39.7 Å². The van der Waals surface area contributed by atoms with Gasteiger partial charge in [-0.3, -0.25) is 34.2 Å². The van der Waals surface area contributed by atoms with E-state index in [0.717, 1.165) is 37.6 Å². The van der Waals surface area contributed by atoms with Gasteiger partial charge in [-0.05, 0) is 65.5 Å². The first-order valence-electron chi connectivity index (χ1n) is 16.8. The number of nitrogens with zero attached hydrogens (tertiary/aromatic N) is 2. The van der Waals surface area contributed by atoms with E-state index in [2.05, 4.69) is 10.3 Å². The van der Waals surface area contributed by atoms with Crippen LogP contribution in [0.1, 0.15) is 22.8 Å². The first kappa shape index (κ1) is 32.4. The van der Waals surface area contributed by atoms with E-state index in [1.807, 2.05) is 54.6 Å². The molecule has 2 N–H and O–H groups in total. The molecule has 0 spiro atoms. The van der Waals surface area contributed by atoms with Crippen molar-refractivity contribution in [3.8, 4) is 11.5 Å². The molecule has 12 nitrogen and oxygen atoms in total. The molecule has 1 aromatic heterocycles. The molecule has 2 saturated carbocycles. The van der Waals surface area contributed by atoms with Crippen LogP contribution < -0.4 is 24.6 Å². The van der Waals surface area contributed by atoms with Gasteiger partial charge in [0.1, 0.15) is 0 Å². The molecule has 262 valence electrons. The predicted molar refractivity (Wildman–Crippen MR) is 195 cm³/mol. The van der Waals surface area contributed by atoms with E-state index in [9.17, 15) is 29.3 Å². The van der Waals surface area contributed by atoms with Crippen molar-refractivity contribution in [2.24, 2.45) is 29.6 Å². The number of carbonyl (C=O) groups excluding carboxylic acids is 3. The molecule has 1 saturated heterocycles. The summed E-state index contributed by atoms with van der Waals surface area (Å²) in [5.41, 5.74) is 1.77. The topological polar surface area (TPSA) is 161 Å². The summed E-state index contributed by atoms with van der Waals surface area (Å²) in [5.74, 6) is -1.63. The molecule has 3 heterocycles. The number of benzene rings is 4. The number of hydrogen-bond acceptors (Lipinski definition) is 10. The Labute approximate surface area is 304 Å². The monoisotopic (exact) mass is 734 g/mol. The van der Waals surface area contributed by atoms with Crippen molar-refractivity contribution in [3.05, 3.63) is 115 Å². The number of non-ortho nitro benzene ring substituents is 1. The third kappa shape index (κ3) is 5.03. The summed E-state index contributed by atoms with van der Waals surface area (Å²) in [7, 11) is 1.53. The van der Waals surface area contributed by atoms with E-state index in [-0.39, 0.29) is 63.8 Å². The highest BCUT2D eigenvalue weighted by molar-refractivity contribution is 8.00. The van der Waals surface area contributed by atoms with E-state index >= 15 is 0 Å². The molecule has 14 heteroatoms. The summed E-state index contributed by atoms with van der Waals surface area (Å²) in [6.07, 6.45) is 0.711. The number of fused-ring (bicyclic) bond motifs is 10. The fraction of sp³-hybridized carbons (Fsp3) is 0.263. The number of nitrogens with one attached hydrogen (secondary N) is 2. The van der Waals surface area contributed by atoms with Crippen LogP contribution in [0.15, 0.2) is 94.7 Å². The van der Waals surface area contributed by atoms with Crippen LogP contribution in [0.2, 0.25) is 0 Å². The summed E-state index contributed by atoms with van der Waals surface area (Å²) in [6.45, 7) is -0.249. The van der Waals surface area contributed by atoms with Gasteiger partial charge in [-0.2, -0.15) is 0 Å². The van der Waals surface area contributed by atoms with Crippen molar-refractivity contribution in [1.82, 2.24) is 4.98 Å². The number of carbonyl (C=O) groups is 3. The van der Waals surface area contributed by atoms with Crippen LogP contribution in [0.5, 0.6) is 11.5 Å². The van der Waals surface area contributed by atoms with Gasteiger partial charge < -0.3 is 19.8 Å². The molecule has 4 aromatic carbocycles. The van der Waals surface area contributed by atoms with Crippen molar-refractivity contribution in [1.29, 1.82) is 0 Å². The largest absolute Gasteiger partial charge is 0.493 e. The molecule has 3 amide bonds. The third-order valence-electron chi connectivity index (χ3n) is 11.0. The molecule has 52 heavy (non-hydrogen) atoms. The number of aromatic nitrogens is 1. The molecule has 2 bridgehead atoms. The van der Waals surface area contributed by atoms with Crippen molar-refractivity contribution in [3.63, 3.8) is 0 Å². The van der Waals surface area contributed by atoms with E-state index < -0.39 is 16.8 Å². The maximum absolute atomic E-state index is 14.1. The van der Waals surface area contributed by atoms with Gasteiger partial charge in [0, 0.05) is 39.3 Å². The number of thiazole rings is 1. The van der Waals surface area contributed by atoms with Gasteiger partial charge in [0.2, 0.25) is 11.8 Å². The van der Waals surface area contributed by atoms with Crippen molar-refractivity contribution in [2.75, 3.05) is 23.9 Å². The van der Waals surface area contributed by atoms with Gasteiger partial charge >= 0.3 is 4.87 Å². The highest BCUT2D eigenvalue weighted by atomic mass is 32.2. The van der Waals surface area contributed by atoms with E-state index in [1.54, 1.807) is 17.8 Å². The maximum Gasteiger partial charge on any atom is 0.305 e. The van der Waals surface area contributed by atoms with Gasteiger partial charge in [0.05, 0.1) is 34.6 Å². The van der Waals surface area contributed by atoms with E-state index in [1.165, 1.54) is 36.3 Å². The number of imide groups is 1. The Balaban J connectivity index is 0.994. The van der Waals surface area contributed by atoms with Crippen LogP contribution in [-0.2, 0) is 14.4 Å². The van der Waals surface area contributed by atoms with Gasteiger partial charge in [-0.25, -0.2) is 0 Å². The number of thioether (sulfide) groups is 1. The molecule has 4 aliphatic rings. The summed E-state index contributed by atoms with van der Waals surface area (Å²) in [5, 5.41) is 16.8. The Morgan fingerprint density at radius 1 is 0.962 bits per heavy atom. The fourth-order valence-corrected chi connectivity index (χ4v) is 11.9. The van der Waals surface area contributed by atoms with Crippen LogP contribution in [-0.4, -0.2) is 46.6 Å². The second kappa shape index (κ2) is 12.3. The van der Waals surface area contributed by atoms with Crippen molar-refractivity contribution in [2.45, 2.75) is 22.6 Å². The van der Waals surface area contributed by atoms with Crippen molar-refractivity contribution < 1.29 is 28.8 Å². The second-order valence-corrected chi connectivity index (χ2v) is 15.7. The minimum Gasteiger partial charge on any atom is -0.493 e. The van der Waals surface area contributed by atoms with Gasteiger partial charge in [0.25, 0.3) is 11.6 Å². The molecule has 7 atom stereocenters. The summed E-state index contributed by atoms with van der Waals surface area (Å²) >= 11 is 2.74. The normalized spacial score (nSPS) is 25.5. The highest BCUT2D eigenvalue weighted by Gasteiger charge is 2.69. The molecular weight excluding hydrogens is 705 g/mol. The number of H-pyrrole nitrogens is 1. The molecule has 5 aromatic rings. The molecule has 0 unspecified atom stereocenters. The number of amides is 3. The maximum atomic E-state index is 14.1.